The van der Waals surface area contributed by atoms with Crippen molar-refractivity contribution in [2.24, 2.45) is 0 Å². The topological polar surface area (TPSA) is 102 Å². The number of hydrogen-bond acceptors (Lipinski definition) is 7. The van der Waals surface area contributed by atoms with Gasteiger partial charge in [0.05, 0.1) is 6.61 Å². The average molecular weight is 402 g/mol. The molecule has 0 atom stereocenters. The maximum Gasteiger partial charge on any atom is 0.326 e. The molecule has 9 nitrogen and oxygen atoms in total. The van der Waals surface area contributed by atoms with Crippen molar-refractivity contribution in [1.82, 2.24) is 14.5 Å². The second kappa shape index (κ2) is 7.97. The number of ether oxygens (including phenoxy) is 1. The van der Waals surface area contributed by atoms with Crippen molar-refractivity contribution in [3.05, 3.63) is 23.5 Å². The van der Waals surface area contributed by atoms with E-state index in [2.05, 4.69) is 9.80 Å². The number of benzene rings is 1. The number of nitrogens with zero attached hydrogens (tertiary/aromatic N) is 3. The van der Waals surface area contributed by atoms with E-state index in [1.807, 2.05) is 0 Å². The number of aromatic hydroxyl groups is 1. The Kier molecular flexibility index (Phi) is 5.84. The Morgan fingerprint density at radius 3 is 2.44 bits per heavy atom. The largest absolute Gasteiger partial charge is 0.506 e. The number of amides is 1. The van der Waals surface area contributed by atoms with E-state index in [1.54, 1.807) is 11.8 Å². The van der Waals surface area contributed by atoms with E-state index in [9.17, 15) is 22.7 Å². The summed E-state index contributed by atoms with van der Waals surface area (Å²) >= 11 is 0. The molecule has 2 fully saturated rings. The van der Waals surface area contributed by atoms with Gasteiger partial charge in [0, 0.05) is 46.4 Å². The third-order valence-corrected chi connectivity index (χ3v) is 6.03. The molecule has 11 heteroatoms. The van der Waals surface area contributed by atoms with Crippen LogP contribution in [0.15, 0.2) is 12.1 Å². The van der Waals surface area contributed by atoms with Crippen LogP contribution >= 0.6 is 0 Å². The number of phenols is 1. The quantitative estimate of drug-likeness (QED) is 0.660. The second-order valence-electron chi connectivity index (χ2n) is 6.59. The van der Waals surface area contributed by atoms with E-state index in [0.717, 1.165) is 32.7 Å². The Labute approximate surface area is 157 Å². The molecule has 27 heavy (non-hydrogen) atoms. The zero-order valence-electron chi connectivity index (χ0n) is 15.0. The van der Waals surface area contributed by atoms with Gasteiger partial charge in [-0.25, -0.2) is 13.4 Å². The van der Waals surface area contributed by atoms with Crippen molar-refractivity contribution in [2.45, 2.75) is 6.54 Å². The van der Waals surface area contributed by atoms with Gasteiger partial charge in [-0.05, 0) is 17.7 Å². The Balaban J connectivity index is 1.68. The standard InChI is InChI=1S/C16H23FN4O5S/c1-26-7-6-19-2-4-20(5-3-19)10-12-8-13(17)16(14(22)9-12)21-11-15(23)18-27(21,24)25/h8-9,22H,2-7,10-11H2,1H3,(H,18,23). The minimum atomic E-state index is -4.18. The Hall–Kier alpha value is -1.95. The summed E-state index contributed by atoms with van der Waals surface area (Å²) in [7, 11) is -2.51. The molecule has 0 unspecified atom stereocenters. The number of carbonyl (C=O) groups is 1. The van der Waals surface area contributed by atoms with Crippen molar-refractivity contribution >= 4 is 21.8 Å². The van der Waals surface area contributed by atoms with E-state index in [0.29, 0.717) is 23.0 Å². The first-order valence-electron chi connectivity index (χ1n) is 8.58. The number of halogens is 1. The van der Waals surface area contributed by atoms with Gasteiger partial charge in [0.15, 0.2) is 5.82 Å². The molecule has 2 saturated heterocycles. The summed E-state index contributed by atoms with van der Waals surface area (Å²) in [6, 6.07) is 2.54. The van der Waals surface area contributed by atoms with Crippen LogP contribution in [0.4, 0.5) is 10.1 Å². The number of piperazine rings is 1. The molecule has 0 bridgehead atoms. The summed E-state index contributed by atoms with van der Waals surface area (Å²) in [6.07, 6.45) is 0. The van der Waals surface area contributed by atoms with E-state index in [-0.39, 0.29) is 0 Å². The van der Waals surface area contributed by atoms with Crippen molar-refractivity contribution < 1.29 is 27.4 Å². The number of hydrogen-bond donors (Lipinski definition) is 2. The van der Waals surface area contributed by atoms with Crippen molar-refractivity contribution in [2.75, 3.05) is 57.3 Å². The van der Waals surface area contributed by atoms with E-state index < -0.39 is 39.9 Å². The predicted molar refractivity (Wildman–Crippen MR) is 96.1 cm³/mol. The van der Waals surface area contributed by atoms with Gasteiger partial charge in [0.2, 0.25) is 0 Å². The lowest BCUT2D eigenvalue weighted by Crippen LogP contribution is -2.46. The van der Waals surface area contributed by atoms with Gasteiger partial charge in [-0.1, -0.05) is 0 Å². The fraction of sp³-hybridized carbons (Fsp3) is 0.562. The minimum Gasteiger partial charge on any atom is -0.506 e. The van der Waals surface area contributed by atoms with Crippen LogP contribution in [0.3, 0.4) is 0 Å². The Morgan fingerprint density at radius 1 is 1.22 bits per heavy atom. The fourth-order valence-electron chi connectivity index (χ4n) is 3.27. The van der Waals surface area contributed by atoms with Gasteiger partial charge >= 0.3 is 10.2 Å². The third-order valence-electron chi connectivity index (χ3n) is 4.66. The zero-order chi connectivity index (χ0) is 19.6. The number of phenolic OH excluding ortho intramolecular Hbond substituents is 1. The molecule has 2 heterocycles. The molecule has 0 spiro atoms. The molecule has 2 N–H and O–H groups in total. The van der Waals surface area contributed by atoms with Gasteiger partial charge < -0.3 is 9.84 Å². The molecule has 2 aliphatic rings. The van der Waals surface area contributed by atoms with E-state index in [4.69, 9.17) is 4.74 Å². The van der Waals surface area contributed by atoms with Crippen LogP contribution in [-0.2, 0) is 26.3 Å². The molecular weight excluding hydrogens is 379 g/mol. The minimum absolute atomic E-state index is 0.437. The first kappa shape index (κ1) is 19.8. The van der Waals surface area contributed by atoms with Crippen LogP contribution in [0.2, 0.25) is 0 Å². The summed E-state index contributed by atoms with van der Waals surface area (Å²) < 4.78 is 45.7. The highest BCUT2D eigenvalue weighted by molar-refractivity contribution is 7.92. The second-order valence-corrected chi connectivity index (χ2v) is 8.19. The maximum atomic E-state index is 14.5. The molecule has 0 aliphatic carbocycles. The van der Waals surface area contributed by atoms with Gasteiger partial charge in [0.1, 0.15) is 18.0 Å². The van der Waals surface area contributed by atoms with Gasteiger partial charge in [-0.3, -0.25) is 14.6 Å². The average Bonchev–Trinajstić information content (AvgIpc) is 2.86. The monoisotopic (exact) mass is 402 g/mol. The predicted octanol–water partition coefficient (Wildman–Crippen LogP) is -0.524. The number of methoxy groups -OCH3 is 1. The SMILES string of the molecule is COCCN1CCN(Cc2cc(O)c(N3CC(=O)NS3(=O)=O)c(F)c2)CC1. The zero-order valence-corrected chi connectivity index (χ0v) is 15.8. The van der Waals surface area contributed by atoms with Gasteiger partial charge in [-0.2, -0.15) is 8.42 Å². The number of carbonyl (C=O) groups excluding carboxylic acids is 1. The molecule has 0 aromatic heterocycles. The molecular formula is C16H23FN4O5S. The number of rotatable bonds is 6. The molecule has 3 rings (SSSR count). The highest BCUT2D eigenvalue weighted by Crippen LogP contribution is 2.34. The lowest BCUT2D eigenvalue weighted by Gasteiger charge is -2.34. The van der Waals surface area contributed by atoms with Crippen LogP contribution < -0.4 is 9.03 Å². The fourth-order valence-corrected chi connectivity index (χ4v) is 4.44. The molecule has 0 radical (unpaired) electrons. The third kappa shape index (κ3) is 4.49. The first-order valence-corrected chi connectivity index (χ1v) is 10.0. The van der Waals surface area contributed by atoms with Crippen LogP contribution in [0, 0.1) is 5.82 Å². The molecule has 1 aromatic carbocycles. The van der Waals surface area contributed by atoms with Crippen LogP contribution in [0.5, 0.6) is 5.75 Å². The molecule has 1 aromatic rings. The highest BCUT2D eigenvalue weighted by atomic mass is 32.2. The lowest BCUT2D eigenvalue weighted by atomic mass is 10.1. The summed E-state index contributed by atoms with van der Waals surface area (Å²) in [4.78, 5) is 15.7. The molecule has 2 aliphatic heterocycles. The number of nitrogens with one attached hydrogen (secondary N) is 1. The molecule has 1 amide bonds. The van der Waals surface area contributed by atoms with Crippen LogP contribution in [0.1, 0.15) is 5.56 Å². The van der Waals surface area contributed by atoms with Crippen molar-refractivity contribution in [1.29, 1.82) is 0 Å². The van der Waals surface area contributed by atoms with Gasteiger partial charge in [0.25, 0.3) is 5.91 Å². The molecule has 0 saturated carbocycles. The Bertz CT molecular complexity index is 788. The highest BCUT2D eigenvalue weighted by Gasteiger charge is 2.37. The normalized spacial score (nSPS) is 20.8. The first-order chi connectivity index (χ1) is 12.8. The summed E-state index contributed by atoms with van der Waals surface area (Å²) in [6.45, 7) is 4.76. The summed E-state index contributed by atoms with van der Waals surface area (Å²) in [5.74, 6) is -2.17. The smallest absolute Gasteiger partial charge is 0.326 e. The van der Waals surface area contributed by atoms with Crippen LogP contribution in [-0.4, -0.2) is 82.2 Å². The maximum absolute atomic E-state index is 14.5. The van der Waals surface area contributed by atoms with Crippen LogP contribution in [0.25, 0.3) is 0 Å². The lowest BCUT2D eigenvalue weighted by molar-refractivity contribution is -0.117. The summed E-state index contributed by atoms with van der Waals surface area (Å²) in [5, 5.41) is 10.2. The number of anilines is 1. The van der Waals surface area contributed by atoms with E-state index in [1.165, 1.54) is 12.1 Å². The summed E-state index contributed by atoms with van der Waals surface area (Å²) in [5.41, 5.74) is 0.0245. The van der Waals surface area contributed by atoms with E-state index >= 15 is 0 Å². The van der Waals surface area contributed by atoms with Crippen molar-refractivity contribution in [3.8, 4) is 5.75 Å². The molecule has 150 valence electrons. The van der Waals surface area contributed by atoms with Gasteiger partial charge in [-0.15, -0.1) is 0 Å². The Morgan fingerprint density at radius 2 is 1.89 bits per heavy atom. The van der Waals surface area contributed by atoms with Crippen molar-refractivity contribution in [3.63, 3.8) is 0 Å².